The first-order valence-corrected chi connectivity index (χ1v) is 10.3. The molecule has 3 aliphatic rings. The van der Waals surface area contributed by atoms with E-state index in [-0.39, 0.29) is 11.8 Å². The van der Waals surface area contributed by atoms with Crippen molar-refractivity contribution < 1.29 is 9.90 Å². The first-order valence-electron chi connectivity index (χ1n) is 10.3. The van der Waals surface area contributed by atoms with Crippen LogP contribution in [0, 0.1) is 5.92 Å². The van der Waals surface area contributed by atoms with Gasteiger partial charge in [-0.25, -0.2) is 4.98 Å². The topological polar surface area (TPSA) is 72.8 Å². The Morgan fingerprint density at radius 1 is 1.15 bits per heavy atom. The molecule has 0 aromatic carbocycles. The van der Waals surface area contributed by atoms with Gasteiger partial charge < -0.3 is 19.8 Å². The fourth-order valence-electron chi connectivity index (χ4n) is 4.67. The lowest BCUT2D eigenvalue weighted by Crippen LogP contribution is -2.60. The lowest BCUT2D eigenvalue weighted by atomic mass is 9.75. The predicted octanol–water partition coefficient (Wildman–Crippen LogP) is 1.45. The molecule has 4 heterocycles. The molecule has 0 unspecified atom stereocenters. The van der Waals surface area contributed by atoms with Crippen LogP contribution in [0.5, 0.6) is 0 Å². The van der Waals surface area contributed by atoms with Crippen LogP contribution in [0.2, 0.25) is 0 Å². The highest BCUT2D eigenvalue weighted by Gasteiger charge is 2.45. The van der Waals surface area contributed by atoms with Gasteiger partial charge in [-0.15, -0.1) is 0 Å². The molecule has 148 valence electrons. The van der Waals surface area contributed by atoms with E-state index in [9.17, 15) is 9.90 Å². The summed E-state index contributed by atoms with van der Waals surface area (Å²) in [6.45, 7) is 8.63. The van der Waals surface area contributed by atoms with Gasteiger partial charge in [0.1, 0.15) is 5.82 Å². The molecule has 1 N–H and O–H groups in total. The van der Waals surface area contributed by atoms with Crippen LogP contribution in [0.3, 0.4) is 0 Å². The maximum absolute atomic E-state index is 11.8. The Bertz CT molecular complexity index is 706. The van der Waals surface area contributed by atoms with Crippen molar-refractivity contribution in [3.8, 4) is 0 Å². The van der Waals surface area contributed by atoms with Gasteiger partial charge in [-0.2, -0.15) is 4.98 Å². The average molecular weight is 374 g/mol. The standard InChI is InChI=1S/C20H31N5O2/c1-3-17-12-18(22-19(21-17)23-8-4-5-9-23)25-11-7-20(27)6-10-24(15(2)26)13-16(20)14-25/h12,16,27H,3-11,13-14H2,1-2H3/t16-,20-/m0/s1. The highest BCUT2D eigenvalue weighted by Crippen LogP contribution is 2.37. The summed E-state index contributed by atoms with van der Waals surface area (Å²) in [7, 11) is 0. The number of rotatable bonds is 3. The molecule has 0 radical (unpaired) electrons. The Morgan fingerprint density at radius 3 is 2.59 bits per heavy atom. The average Bonchev–Trinajstić information content (AvgIpc) is 3.21. The van der Waals surface area contributed by atoms with Gasteiger partial charge in [0, 0.05) is 63.9 Å². The Labute approximate surface area is 161 Å². The van der Waals surface area contributed by atoms with E-state index in [4.69, 9.17) is 9.97 Å². The second-order valence-corrected chi connectivity index (χ2v) is 8.28. The normalized spacial score (nSPS) is 28.4. The minimum Gasteiger partial charge on any atom is -0.389 e. The summed E-state index contributed by atoms with van der Waals surface area (Å²) < 4.78 is 0. The summed E-state index contributed by atoms with van der Waals surface area (Å²) in [5.41, 5.74) is 0.414. The summed E-state index contributed by atoms with van der Waals surface area (Å²) in [6.07, 6.45) is 4.70. The SMILES string of the molecule is CCc1cc(N2CC[C@@]3(O)CCN(C(C)=O)C[C@H]3C2)nc(N2CCCC2)n1. The number of hydrogen-bond donors (Lipinski definition) is 1. The third-order valence-corrected chi connectivity index (χ3v) is 6.55. The van der Waals surface area contributed by atoms with Gasteiger partial charge in [0.15, 0.2) is 0 Å². The van der Waals surface area contributed by atoms with Crippen LogP contribution in [0.15, 0.2) is 6.07 Å². The fourth-order valence-corrected chi connectivity index (χ4v) is 4.67. The highest BCUT2D eigenvalue weighted by atomic mass is 16.3. The first kappa shape index (κ1) is 18.5. The molecule has 1 aromatic heterocycles. The van der Waals surface area contributed by atoms with E-state index < -0.39 is 5.60 Å². The highest BCUT2D eigenvalue weighted by molar-refractivity contribution is 5.73. The number of piperidine rings is 2. The monoisotopic (exact) mass is 373 g/mol. The van der Waals surface area contributed by atoms with Crippen molar-refractivity contribution in [1.29, 1.82) is 0 Å². The van der Waals surface area contributed by atoms with Crippen LogP contribution >= 0.6 is 0 Å². The van der Waals surface area contributed by atoms with E-state index in [0.29, 0.717) is 19.5 Å². The lowest BCUT2D eigenvalue weighted by molar-refractivity contribution is -0.139. The van der Waals surface area contributed by atoms with Crippen molar-refractivity contribution in [1.82, 2.24) is 14.9 Å². The summed E-state index contributed by atoms with van der Waals surface area (Å²) >= 11 is 0. The molecule has 3 fully saturated rings. The molecule has 0 saturated carbocycles. The fraction of sp³-hybridized carbons (Fsp3) is 0.750. The molecular weight excluding hydrogens is 342 g/mol. The van der Waals surface area contributed by atoms with Crippen LogP contribution in [-0.4, -0.2) is 70.8 Å². The van der Waals surface area contributed by atoms with E-state index in [1.165, 1.54) is 12.8 Å². The van der Waals surface area contributed by atoms with Gasteiger partial charge in [-0.05, 0) is 32.1 Å². The number of carbonyl (C=O) groups excluding carboxylic acids is 1. The quantitative estimate of drug-likeness (QED) is 0.865. The molecule has 3 aliphatic heterocycles. The lowest BCUT2D eigenvalue weighted by Gasteiger charge is -2.50. The van der Waals surface area contributed by atoms with E-state index in [2.05, 4.69) is 22.8 Å². The summed E-state index contributed by atoms with van der Waals surface area (Å²) in [5.74, 6) is 1.97. The summed E-state index contributed by atoms with van der Waals surface area (Å²) in [6, 6.07) is 2.09. The second-order valence-electron chi connectivity index (χ2n) is 8.28. The Kier molecular flexibility index (Phi) is 4.97. The maximum Gasteiger partial charge on any atom is 0.227 e. The summed E-state index contributed by atoms with van der Waals surface area (Å²) in [5, 5.41) is 11.1. The number of likely N-dealkylation sites (tertiary alicyclic amines) is 1. The Balaban J connectivity index is 1.56. The number of aryl methyl sites for hydroxylation is 1. The third-order valence-electron chi connectivity index (χ3n) is 6.55. The molecule has 0 bridgehead atoms. The predicted molar refractivity (Wildman–Crippen MR) is 105 cm³/mol. The smallest absolute Gasteiger partial charge is 0.227 e. The summed E-state index contributed by atoms with van der Waals surface area (Å²) in [4.78, 5) is 27.9. The number of anilines is 2. The second kappa shape index (κ2) is 7.26. The minimum absolute atomic E-state index is 0.0687. The molecule has 4 rings (SSSR count). The van der Waals surface area contributed by atoms with Crippen LogP contribution in [0.4, 0.5) is 11.8 Å². The minimum atomic E-state index is -0.652. The largest absolute Gasteiger partial charge is 0.389 e. The molecule has 3 saturated heterocycles. The van der Waals surface area contributed by atoms with Gasteiger partial charge in [-0.1, -0.05) is 6.92 Å². The van der Waals surface area contributed by atoms with Crippen molar-refractivity contribution >= 4 is 17.7 Å². The number of carbonyl (C=O) groups is 1. The zero-order valence-electron chi connectivity index (χ0n) is 16.5. The van der Waals surface area contributed by atoms with Gasteiger partial charge in [0.2, 0.25) is 11.9 Å². The van der Waals surface area contributed by atoms with Crippen molar-refractivity contribution in [3.05, 3.63) is 11.8 Å². The van der Waals surface area contributed by atoms with Crippen LogP contribution in [-0.2, 0) is 11.2 Å². The number of amides is 1. The van der Waals surface area contributed by atoms with Gasteiger partial charge >= 0.3 is 0 Å². The van der Waals surface area contributed by atoms with Crippen molar-refractivity contribution in [2.24, 2.45) is 5.92 Å². The van der Waals surface area contributed by atoms with Gasteiger partial charge in [0.05, 0.1) is 5.60 Å². The van der Waals surface area contributed by atoms with Gasteiger partial charge in [0.25, 0.3) is 0 Å². The van der Waals surface area contributed by atoms with E-state index >= 15 is 0 Å². The van der Waals surface area contributed by atoms with E-state index in [1.807, 2.05) is 4.90 Å². The number of fused-ring (bicyclic) bond motifs is 1. The van der Waals surface area contributed by atoms with Crippen molar-refractivity contribution in [2.75, 3.05) is 49.1 Å². The molecule has 1 amide bonds. The zero-order chi connectivity index (χ0) is 19.0. The Hall–Kier alpha value is -1.89. The third kappa shape index (κ3) is 3.61. The number of aromatic nitrogens is 2. The van der Waals surface area contributed by atoms with Crippen LogP contribution < -0.4 is 9.80 Å². The molecule has 27 heavy (non-hydrogen) atoms. The molecule has 0 spiro atoms. The molecule has 2 atom stereocenters. The molecular formula is C20H31N5O2. The van der Waals surface area contributed by atoms with Crippen LogP contribution in [0.1, 0.15) is 45.2 Å². The first-order chi connectivity index (χ1) is 13.0. The number of hydrogen-bond acceptors (Lipinski definition) is 6. The number of nitrogens with zero attached hydrogens (tertiary/aromatic N) is 5. The molecule has 0 aliphatic carbocycles. The molecule has 1 aromatic rings. The van der Waals surface area contributed by atoms with Crippen LogP contribution in [0.25, 0.3) is 0 Å². The van der Waals surface area contributed by atoms with Gasteiger partial charge in [-0.3, -0.25) is 4.79 Å². The van der Waals surface area contributed by atoms with E-state index in [0.717, 1.165) is 56.5 Å². The van der Waals surface area contributed by atoms with Crippen molar-refractivity contribution in [3.63, 3.8) is 0 Å². The number of aliphatic hydroxyl groups is 1. The molecule has 7 heteroatoms. The molecule has 7 nitrogen and oxygen atoms in total. The Morgan fingerprint density at radius 2 is 1.89 bits per heavy atom. The maximum atomic E-state index is 11.8. The zero-order valence-corrected chi connectivity index (χ0v) is 16.5. The van der Waals surface area contributed by atoms with Crippen molar-refractivity contribution in [2.45, 2.75) is 51.6 Å². The van der Waals surface area contributed by atoms with E-state index in [1.54, 1.807) is 6.92 Å².